The second kappa shape index (κ2) is 9.33. The summed E-state index contributed by atoms with van der Waals surface area (Å²) in [6, 6.07) is 7.23. The molecule has 0 aliphatic heterocycles. The van der Waals surface area contributed by atoms with E-state index in [1.54, 1.807) is 41.1 Å². The third-order valence-corrected chi connectivity index (χ3v) is 4.21. The van der Waals surface area contributed by atoms with Crippen LogP contribution >= 0.6 is 0 Å². The Kier molecular flexibility index (Phi) is 7.15. The van der Waals surface area contributed by atoms with Gasteiger partial charge in [-0.05, 0) is 51.9 Å². The lowest BCUT2D eigenvalue weighted by Gasteiger charge is -2.19. The zero-order valence-corrected chi connectivity index (χ0v) is 15.7. The van der Waals surface area contributed by atoms with E-state index in [0.717, 1.165) is 12.8 Å². The molecule has 0 heterocycles. The first-order chi connectivity index (χ1) is 12.4. The molecule has 1 aromatic rings. The predicted molar refractivity (Wildman–Crippen MR) is 101 cm³/mol. The topological polar surface area (TPSA) is 81.8 Å². The van der Waals surface area contributed by atoms with Crippen LogP contribution < -0.4 is 10.6 Å². The molecule has 0 unspecified atom stereocenters. The van der Waals surface area contributed by atoms with Gasteiger partial charge in [-0.1, -0.05) is 6.07 Å². The molecule has 1 aliphatic rings. The van der Waals surface area contributed by atoms with Gasteiger partial charge in [0.05, 0.1) is 13.1 Å². The van der Waals surface area contributed by atoms with Crippen LogP contribution in [-0.2, 0) is 9.59 Å². The molecule has 2 rings (SSSR count). The van der Waals surface area contributed by atoms with Gasteiger partial charge in [-0.15, -0.1) is 0 Å². The molecule has 1 fully saturated rings. The molecule has 142 valence electrons. The van der Waals surface area contributed by atoms with E-state index in [1.807, 2.05) is 13.8 Å². The average Bonchev–Trinajstić information content (AvgIpc) is 3.39. The highest BCUT2D eigenvalue weighted by molar-refractivity contribution is 5.97. The van der Waals surface area contributed by atoms with E-state index in [1.165, 1.54) is 0 Å². The number of carbonyl (C=O) groups is 3. The van der Waals surface area contributed by atoms with Gasteiger partial charge in [0.1, 0.15) is 0 Å². The van der Waals surface area contributed by atoms with E-state index in [0.29, 0.717) is 30.4 Å². The van der Waals surface area contributed by atoms with E-state index >= 15 is 0 Å². The van der Waals surface area contributed by atoms with Crippen molar-refractivity contribution in [1.29, 1.82) is 0 Å². The normalized spacial score (nSPS) is 13.4. The van der Waals surface area contributed by atoms with Crippen LogP contribution in [0, 0.1) is 0 Å². The summed E-state index contributed by atoms with van der Waals surface area (Å²) >= 11 is 0. The van der Waals surface area contributed by atoms with Gasteiger partial charge in [0.15, 0.2) is 0 Å². The van der Waals surface area contributed by atoms with Crippen LogP contribution in [0.15, 0.2) is 24.3 Å². The van der Waals surface area contributed by atoms with Crippen LogP contribution in [0.25, 0.3) is 0 Å². The Balaban J connectivity index is 1.86. The van der Waals surface area contributed by atoms with Crippen LogP contribution in [0.2, 0.25) is 0 Å². The number of hydrogen-bond acceptors (Lipinski definition) is 4. The van der Waals surface area contributed by atoms with Crippen LogP contribution in [-0.4, -0.2) is 66.8 Å². The lowest BCUT2D eigenvalue weighted by molar-refractivity contribution is -0.123. The Morgan fingerprint density at radius 3 is 2.35 bits per heavy atom. The highest BCUT2D eigenvalue weighted by Crippen LogP contribution is 2.18. The van der Waals surface area contributed by atoms with Gasteiger partial charge >= 0.3 is 0 Å². The number of benzene rings is 1. The van der Waals surface area contributed by atoms with E-state index < -0.39 is 0 Å². The van der Waals surface area contributed by atoms with Crippen molar-refractivity contribution >= 4 is 23.4 Å². The van der Waals surface area contributed by atoms with Gasteiger partial charge in [-0.3, -0.25) is 19.3 Å². The van der Waals surface area contributed by atoms with Crippen molar-refractivity contribution in [1.82, 2.24) is 15.1 Å². The molecular weight excluding hydrogens is 332 g/mol. The number of carbonyl (C=O) groups excluding carboxylic acids is 3. The summed E-state index contributed by atoms with van der Waals surface area (Å²) in [6.07, 6.45) is 2.08. The predicted octanol–water partition coefficient (Wildman–Crippen LogP) is 1.32. The van der Waals surface area contributed by atoms with E-state index in [2.05, 4.69) is 10.6 Å². The molecule has 0 radical (unpaired) electrons. The zero-order chi connectivity index (χ0) is 19.1. The van der Waals surface area contributed by atoms with Crippen molar-refractivity contribution in [3.05, 3.63) is 29.8 Å². The first-order valence-electron chi connectivity index (χ1n) is 9.10. The third kappa shape index (κ3) is 6.15. The molecule has 7 nitrogen and oxygen atoms in total. The fourth-order valence-corrected chi connectivity index (χ4v) is 2.67. The Labute approximate surface area is 154 Å². The summed E-state index contributed by atoms with van der Waals surface area (Å²) in [4.78, 5) is 39.7. The average molecular weight is 360 g/mol. The van der Waals surface area contributed by atoms with Crippen molar-refractivity contribution in [2.75, 3.05) is 38.5 Å². The van der Waals surface area contributed by atoms with Gasteiger partial charge in [0.25, 0.3) is 5.91 Å². The first-order valence-corrected chi connectivity index (χ1v) is 9.10. The molecule has 0 saturated heterocycles. The minimum absolute atomic E-state index is 0.0556. The fourth-order valence-electron chi connectivity index (χ4n) is 2.67. The van der Waals surface area contributed by atoms with Crippen LogP contribution in [0.4, 0.5) is 5.69 Å². The molecular formula is C19H28N4O3. The first kappa shape index (κ1) is 19.9. The van der Waals surface area contributed by atoms with Crippen molar-refractivity contribution in [3.63, 3.8) is 0 Å². The number of nitrogens with one attached hydrogen (secondary N) is 2. The molecule has 1 aliphatic carbocycles. The quantitative estimate of drug-likeness (QED) is 0.696. The van der Waals surface area contributed by atoms with Gasteiger partial charge in [0, 0.05) is 30.4 Å². The Bertz CT molecular complexity index is 654. The number of likely N-dealkylation sites (N-methyl/N-ethyl adjacent to an activating group) is 1. The Morgan fingerprint density at radius 1 is 1.08 bits per heavy atom. The SMILES string of the molecule is CCN(CC)C(=O)c1cccc(NC(=O)CN(C)CC(=O)NC2CC2)c1. The maximum atomic E-state index is 12.4. The maximum absolute atomic E-state index is 12.4. The maximum Gasteiger partial charge on any atom is 0.253 e. The highest BCUT2D eigenvalue weighted by atomic mass is 16.2. The van der Waals surface area contributed by atoms with E-state index in [-0.39, 0.29) is 30.8 Å². The second-order valence-corrected chi connectivity index (χ2v) is 6.62. The standard InChI is InChI=1S/C19H28N4O3/c1-4-23(5-2)19(26)14-7-6-8-16(11-14)21-18(25)13-22(3)12-17(24)20-15-9-10-15/h6-8,11,15H,4-5,9-10,12-13H2,1-3H3,(H,20,24)(H,21,25). The smallest absolute Gasteiger partial charge is 0.253 e. The number of nitrogens with zero attached hydrogens (tertiary/aromatic N) is 2. The van der Waals surface area contributed by atoms with Gasteiger partial charge < -0.3 is 15.5 Å². The summed E-state index contributed by atoms with van der Waals surface area (Å²) in [5.41, 5.74) is 1.12. The van der Waals surface area contributed by atoms with Gasteiger partial charge in [-0.25, -0.2) is 0 Å². The summed E-state index contributed by atoms with van der Waals surface area (Å²) < 4.78 is 0. The minimum atomic E-state index is -0.223. The van der Waals surface area contributed by atoms with Crippen molar-refractivity contribution in [2.24, 2.45) is 0 Å². The van der Waals surface area contributed by atoms with Gasteiger partial charge in [0.2, 0.25) is 11.8 Å². The number of amides is 3. The largest absolute Gasteiger partial charge is 0.352 e. The lowest BCUT2D eigenvalue weighted by atomic mass is 10.1. The number of hydrogen-bond donors (Lipinski definition) is 2. The third-order valence-electron chi connectivity index (χ3n) is 4.21. The summed E-state index contributed by atoms with van der Waals surface area (Å²) in [7, 11) is 1.73. The monoisotopic (exact) mass is 360 g/mol. The Hall–Kier alpha value is -2.41. The summed E-state index contributed by atoms with van der Waals surface area (Å²) in [6.45, 7) is 5.43. The lowest BCUT2D eigenvalue weighted by Crippen LogP contribution is -2.39. The van der Waals surface area contributed by atoms with E-state index in [9.17, 15) is 14.4 Å². The van der Waals surface area contributed by atoms with Crippen LogP contribution in [0.3, 0.4) is 0 Å². The molecule has 1 saturated carbocycles. The molecule has 26 heavy (non-hydrogen) atoms. The summed E-state index contributed by atoms with van der Waals surface area (Å²) in [5.74, 6) is -0.339. The molecule has 1 aromatic carbocycles. The zero-order valence-electron chi connectivity index (χ0n) is 15.7. The molecule has 0 bridgehead atoms. The Morgan fingerprint density at radius 2 is 1.73 bits per heavy atom. The van der Waals surface area contributed by atoms with Crippen LogP contribution in [0.5, 0.6) is 0 Å². The highest BCUT2D eigenvalue weighted by Gasteiger charge is 2.23. The van der Waals surface area contributed by atoms with E-state index in [4.69, 9.17) is 0 Å². The fraction of sp³-hybridized carbons (Fsp3) is 0.526. The van der Waals surface area contributed by atoms with Crippen molar-refractivity contribution < 1.29 is 14.4 Å². The minimum Gasteiger partial charge on any atom is -0.352 e. The number of anilines is 1. The van der Waals surface area contributed by atoms with Crippen molar-refractivity contribution in [3.8, 4) is 0 Å². The van der Waals surface area contributed by atoms with Crippen molar-refractivity contribution in [2.45, 2.75) is 32.7 Å². The number of rotatable bonds is 9. The van der Waals surface area contributed by atoms with Crippen LogP contribution in [0.1, 0.15) is 37.0 Å². The summed E-state index contributed by atoms with van der Waals surface area (Å²) in [5, 5.41) is 5.68. The molecule has 0 atom stereocenters. The molecule has 2 N–H and O–H groups in total. The molecule has 0 aromatic heterocycles. The molecule has 0 spiro atoms. The van der Waals surface area contributed by atoms with Gasteiger partial charge in [-0.2, -0.15) is 0 Å². The molecule has 3 amide bonds. The molecule has 7 heteroatoms. The second-order valence-electron chi connectivity index (χ2n) is 6.62.